The number of benzene rings is 2. The number of amides is 1. The highest BCUT2D eigenvalue weighted by molar-refractivity contribution is 7.92. The maximum absolute atomic E-state index is 12.8. The molecule has 7 nitrogen and oxygen atoms in total. The van der Waals surface area contributed by atoms with E-state index in [1.54, 1.807) is 18.2 Å². The van der Waals surface area contributed by atoms with Crippen LogP contribution in [-0.2, 0) is 21.2 Å². The van der Waals surface area contributed by atoms with Crippen LogP contribution in [0.15, 0.2) is 52.2 Å². The van der Waals surface area contributed by atoms with Crippen molar-refractivity contribution in [3.05, 3.63) is 68.7 Å². The molecule has 0 bridgehead atoms. The standard InChI is InChI=1S/C20H19Cl2N3O4S/c1-2-9-25(19(26)12-30(28,29)15-6-3-13(21)4-7-15)11-18-23-17-10-14(22)5-8-16(17)20(27)24-18/h3-8,10H,2,9,11-12H2,1H3,(H,23,24,27). The van der Waals surface area contributed by atoms with Gasteiger partial charge in [0, 0.05) is 16.6 Å². The fourth-order valence-corrected chi connectivity index (χ4v) is 4.48. The van der Waals surface area contributed by atoms with Gasteiger partial charge in [-0.25, -0.2) is 13.4 Å². The first-order valence-electron chi connectivity index (χ1n) is 9.14. The van der Waals surface area contributed by atoms with Gasteiger partial charge in [0.05, 0.1) is 22.3 Å². The Hall–Kier alpha value is -2.42. The van der Waals surface area contributed by atoms with Gasteiger partial charge in [-0.3, -0.25) is 9.59 Å². The molecule has 30 heavy (non-hydrogen) atoms. The van der Waals surface area contributed by atoms with E-state index in [4.69, 9.17) is 23.2 Å². The number of hydrogen-bond donors (Lipinski definition) is 1. The Kier molecular flexibility index (Phi) is 6.80. The minimum atomic E-state index is -3.84. The van der Waals surface area contributed by atoms with Gasteiger partial charge in [-0.05, 0) is 48.9 Å². The van der Waals surface area contributed by atoms with E-state index in [9.17, 15) is 18.0 Å². The Morgan fingerprint density at radius 3 is 2.43 bits per heavy atom. The molecule has 1 aromatic heterocycles. The topological polar surface area (TPSA) is 100 Å². The zero-order valence-electron chi connectivity index (χ0n) is 16.1. The molecule has 0 aliphatic rings. The highest BCUT2D eigenvalue weighted by atomic mass is 35.5. The van der Waals surface area contributed by atoms with Crippen molar-refractivity contribution in [2.45, 2.75) is 24.8 Å². The van der Waals surface area contributed by atoms with Gasteiger partial charge in [-0.15, -0.1) is 0 Å². The predicted molar refractivity (Wildman–Crippen MR) is 117 cm³/mol. The molecule has 0 fully saturated rings. The van der Waals surface area contributed by atoms with Crippen LogP contribution in [-0.4, -0.2) is 41.5 Å². The third-order valence-electron chi connectivity index (χ3n) is 4.39. The monoisotopic (exact) mass is 467 g/mol. The van der Waals surface area contributed by atoms with E-state index in [0.717, 1.165) is 0 Å². The quantitative estimate of drug-likeness (QED) is 0.573. The molecule has 0 spiro atoms. The van der Waals surface area contributed by atoms with E-state index < -0.39 is 21.5 Å². The van der Waals surface area contributed by atoms with E-state index in [1.807, 2.05) is 6.92 Å². The van der Waals surface area contributed by atoms with Gasteiger partial charge < -0.3 is 9.88 Å². The number of rotatable bonds is 7. The summed E-state index contributed by atoms with van der Waals surface area (Å²) in [6.45, 7) is 2.15. The van der Waals surface area contributed by atoms with Gasteiger partial charge >= 0.3 is 0 Å². The molecular weight excluding hydrogens is 449 g/mol. The summed E-state index contributed by atoms with van der Waals surface area (Å²) in [6, 6.07) is 10.4. The number of carbonyl (C=O) groups excluding carboxylic acids is 1. The Labute approximate surface area is 183 Å². The third kappa shape index (κ3) is 5.19. The molecule has 10 heteroatoms. The molecule has 3 aromatic rings. The predicted octanol–water partition coefficient (Wildman–Crippen LogP) is 3.44. The highest BCUT2D eigenvalue weighted by Gasteiger charge is 2.24. The van der Waals surface area contributed by atoms with E-state index in [2.05, 4.69) is 9.97 Å². The number of hydrogen-bond acceptors (Lipinski definition) is 5. The molecule has 0 radical (unpaired) electrons. The second-order valence-electron chi connectivity index (χ2n) is 6.70. The molecule has 158 valence electrons. The van der Waals surface area contributed by atoms with Crippen molar-refractivity contribution in [1.82, 2.24) is 14.9 Å². The van der Waals surface area contributed by atoms with Crippen molar-refractivity contribution in [3.8, 4) is 0 Å². The van der Waals surface area contributed by atoms with Gasteiger partial charge in [0.2, 0.25) is 5.91 Å². The SMILES string of the molecule is CCCN(Cc1nc2cc(Cl)ccc2c(=O)[nH]1)C(=O)CS(=O)(=O)c1ccc(Cl)cc1. The molecule has 1 N–H and O–H groups in total. The summed E-state index contributed by atoms with van der Waals surface area (Å²) in [5.74, 6) is -1.03. The largest absolute Gasteiger partial charge is 0.334 e. The van der Waals surface area contributed by atoms with Crippen molar-refractivity contribution < 1.29 is 13.2 Å². The molecule has 0 aliphatic carbocycles. The number of aromatic nitrogens is 2. The zero-order valence-corrected chi connectivity index (χ0v) is 18.4. The third-order valence-corrected chi connectivity index (χ3v) is 6.50. The average molecular weight is 468 g/mol. The summed E-state index contributed by atoms with van der Waals surface area (Å²) in [7, 11) is -3.84. The van der Waals surface area contributed by atoms with E-state index in [0.29, 0.717) is 33.9 Å². The summed E-state index contributed by atoms with van der Waals surface area (Å²) in [4.78, 5) is 33.5. The number of H-pyrrole nitrogens is 1. The summed E-state index contributed by atoms with van der Waals surface area (Å²) in [5, 5.41) is 1.21. The van der Waals surface area contributed by atoms with E-state index >= 15 is 0 Å². The first-order chi connectivity index (χ1) is 14.2. The van der Waals surface area contributed by atoms with E-state index in [-0.39, 0.29) is 22.8 Å². The Morgan fingerprint density at radius 2 is 1.77 bits per heavy atom. The lowest BCUT2D eigenvalue weighted by molar-refractivity contribution is -0.129. The van der Waals surface area contributed by atoms with Gasteiger partial charge in [0.15, 0.2) is 9.84 Å². The molecule has 2 aromatic carbocycles. The number of aromatic amines is 1. The average Bonchev–Trinajstić information content (AvgIpc) is 2.67. The zero-order chi connectivity index (χ0) is 21.9. The van der Waals surface area contributed by atoms with Gasteiger partial charge in [-0.1, -0.05) is 30.1 Å². The summed E-state index contributed by atoms with van der Waals surface area (Å²) >= 11 is 11.8. The smallest absolute Gasteiger partial charge is 0.258 e. The highest BCUT2D eigenvalue weighted by Crippen LogP contribution is 2.17. The van der Waals surface area contributed by atoms with Crippen LogP contribution < -0.4 is 5.56 Å². The number of sulfone groups is 1. The maximum Gasteiger partial charge on any atom is 0.258 e. The van der Waals surface area contributed by atoms with Gasteiger partial charge in [-0.2, -0.15) is 0 Å². The van der Waals surface area contributed by atoms with Crippen molar-refractivity contribution in [3.63, 3.8) is 0 Å². The lowest BCUT2D eigenvalue weighted by Gasteiger charge is -2.21. The normalized spacial score (nSPS) is 11.6. The molecule has 0 atom stereocenters. The molecule has 0 saturated carbocycles. The number of nitrogens with zero attached hydrogens (tertiary/aromatic N) is 2. The second kappa shape index (κ2) is 9.16. The number of halogens is 2. The molecule has 1 amide bonds. The van der Waals surface area contributed by atoms with Crippen LogP contribution in [0.5, 0.6) is 0 Å². The number of carbonyl (C=O) groups is 1. The first-order valence-corrected chi connectivity index (χ1v) is 11.5. The minimum Gasteiger partial charge on any atom is -0.334 e. The molecule has 0 aliphatic heterocycles. The minimum absolute atomic E-state index is 0.0172. The van der Waals surface area contributed by atoms with Crippen LogP contribution in [0.25, 0.3) is 10.9 Å². The van der Waals surface area contributed by atoms with Crippen molar-refractivity contribution in [1.29, 1.82) is 0 Å². The Bertz CT molecular complexity index is 1240. The van der Waals surface area contributed by atoms with Crippen LogP contribution >= 0.6 is 23.2 Å². The number of fused-ring (bicyclic) bond motifs is 1. The maximum atomic E-state index is 12.8. The van der Waals surface area contributed by atoms with Crippen LogP contribution in [0.1, 0.15) is 19.2 Å². The van der Waals surface area contributed by atoms with Crippen LogP contribution in [0.3, 0.4) is 0 Å². The lowest BCUT2D eigenvalue weighted by atomic mass is 10.2. The van der Waals surface area contributed by atoms with E-state index in [1.165, 1.54) is 29.2 Å². The Balaban J connectivity index is 1.85. The fraction of sp³-hybridized carbons (Fsp3) is 0.250. The molecule has 0 unspecified atom stereocenters. The lowest BCUT2D eigenvalue weighted by Crippen LogP contribution is -2.37. The molecular formula is C20H19Cl2N3O4S. The summed E-state index contributed by atoms with van der Waals surface area (Å²) in [6.07, 6.45) is 0.608. The number of nitrogens with one attached hydrogen (secondary N) is 1. The summed E-state index contributed by atoms with van der Waals surface area (Å²) < 4.78 is 25.2. The van der Waals surface area contributed by atoms with Crippen molar-refractivity contribution >= 4 is 49.8 Å². The second-order valence-corrected chi connectivity index (χ2v) is 9.56. The molecule has 3 rings (SSSR count). The first kappa shape index (κ1) is 22.3. The van der Waals surface area contributed by atoms with Crippen molar-refractivity contribution in [2.75, 3.05) is 12.3 Å². The Morgan fingerprint density at radius 1 is 1.10 bits per heavy atom. The molecule has 1 heterocycles. The fourth-order valence-electron chi connectivity index (χ4n) is 2.96. The van der Waals surface area contributed by atoms with Crippen LogP contribution in [0.2, 0.25) is 10.0 Å². The van der Waals surface area contributed by atoms with Crippen LogP contribution in [0, 0.1) is 0 Å². The molecule has 0 saturated heterocycles. The van der Waals surface area contributed by atoms with Crippen molar-refractivity contribution in [2.24, 2.45) is 0 Å². The van der Waals surface area contributed by atoms with Gasteiger partial charge in [0.1, 0.15) is 11.6 Å². The van der Waals surface area contributed by atoms with Crippen LogP contribution in [0.4, 0.5) is 0 Å². The summed E-state index contributed by atoms with van der Waals surface area (Å²) in [5.41, 5.74) is 0.0447. The van der Waals surface area contributed by atoms with Gasteiger partial charge in [0.25, 0.3) is 5.56 Å².